The Bertz CT molecular complexity index is 258. The van der Waals surface area contributed by atoms with E-state index in [-0.39, 0.29) is 24.0 Å². The third kappa shape index (κ3) is 5.59. The molecule has 0 spiro atoms. The van der Waals surface area contributed by atoms with Gasteiger partial charge >= 0.3 is 0 Å². The summed E-state index contributed by atoms with van der Waals surface area (Å²) < 4.78 is 0. The lowest BCUT2D eigenvalue weighted by molar-refractivity contribution is 0.297. The molecule has 106 valence electrons. The van der Waals surface area contributed by atoms with Crippen LogP contribution in [0.3, 0.4) is 0 Å². The molecule has 18 heavy (non-hydrogen) atoms. The average molecular weight is 365 g/mol. The Morgan fingerprint density at radius 2 is 1.94 bits per heavy atom. The smallest absolute Gasteiger partial charge is 0.191 e. The summed E-state index contributed by atoms with van der Waals surface area (Å²) in [5.74, 6) is 0.923. The summed E-state index contributed by atoms with van der Waals surface area (Å²) in [5, 5.41) is 6.53. The van der Waals surface area contributed by atoms with Gasteiger partial charge in [-0.05, 0) is 31.6 Å². The van der Waals surface area contributed by atoms with Crippen LogP contribution >= 0.6 is 24.0 Å². The largest absolute Gasteiger partial charge is 0.357 e. The van der Waals surface area contributed by atoms with Gasteiger partial charge in [-0.15, -0.1) is 30.6 Å². The highest BCUT2D eigenvalue weighted by molar-refractivity contribution is 14.0. The molecule has 0 unspecified atom stereocenters. The summed E-state index contributed by atoms with van der Waals surface area (Å²) >= 11 is 0. The molecule has 0 heterocycles. The maximum absolute atomic E-state index is 4.72. The lowest BCUT2D eigenvalue weighted by Gasteiger charge is -2.25. The van der Waals surface area contributed by atoms with Gasteiger partial charge in [0.25, 0.3) is 0 Å². The lowest BCUT2D eigenvalue weighted by Crippen LogP contribution is -2.38. The van der Waals surface area contributed by atoms with E-state index in [0.29, 0.717) is 5.41 Å². The molecule has 0 radical (unpaired) electrons. The van der Waals surface area contributed by atoms with E-state index in [1.807, 2.05) is 6.08 Å². The van der Waals surface area contributed by atoms with Gasteiger partial charge in [0.1, 0.15) is 0 Å². The molecule has 0 bridgehead atoms. The van der Waals surface area contributed by atoms with Gasteiger partial charge < -0.3 is 10.6 Å². The van der Waals surface area contributed by atoms with Crippen LogP contribution < -0.4 is 10.6 Å². The monoisotopic (exact) mass is 365 g/mol. The summed E-state index contributed by atoms with van der Waals surface area (Å²) in [6.45, 7) is 10.7. The predicted molar refractivity (Wildman–Crippen MR) is 90.8 cm³/mol. The Balaban J connectivity index is 0.00000289. The summed E-state index contributed by atoms with van der Waals surface area (Å²) in [4.78, 5) is 4.72. The van der Waals surface area contributed by atoms with E-state index in [1.54, 1.807) is 0 Å². The van der Waals surface area contributed by atoms with E-state index in [4.69, 9.17) is 4.99 Å². The second kappa shape index (κ2) is 9.64. The van der Waals surface area contributed by atoms with Crippen LogP contribution in [-0.4, -0.2) is 25.6 Å². The highest BCUT2D eigenvalue weighted by Crippen LogP contribution is 2.41. The van der Waals surface area contributed by atoms with Crippen LogP contribution in [0.2, 0.25) is 0 Å². The number of hydrogen-bond donors (Lipinski definition) is 2. The first-order valence-electron chi connectivity index (χ1n) is 6.89. The SMILES string of the molecule is C=CCNC(=NCC1(CC)CCCC1)NCC.I. The number of nitrogens with one attached hydrogen (secondary N) is 2. The van der Waals surface area contributed by atoms with Crippen LogP contribution in [-0.2, 0) is 0 Å². The van der Waals surface area contributed by atoms with Gasteiger partial charge in [0.15, 0.2) is 5.96 Å². The number of guanidine groups is 1. The van der Waals surface area contributed by atoms with E-state index in [2.05, 4.69) is 31.1 Å². The Hall–Kier alpha value is -0.260. The molecule has 0 aromatic carbocycles. The topological polar surface area (TPSA) is 36.4 Å². The van der Waals surface area contributed by atoms with Gasteiger partial charge in [0.2, 0.25) is 0 Å². The second-order valence-corrected chi connectivity index (χ2v) is 4.93. The second-order valence-electron chi connectivity index (χ2n) is 4.93. The first-order valence-corrected chi connectivity index (χ1v) is 6.89. The molecule has 1 rings (SSSR count). The minimum atomic E-state index is 0. The molecule has 0 amide bonds. The van der Waals surface area contributed by atoms with E-state index >= 15 is 0 Å². The van der Waals surface area contributed by atoms with E-state index < -0.39 is 0 Å². The zero-order valence-electron chi connectivity index (χ0n) is 11.8. The number of aliphatic imine (C=N–C) groups is 1. The van der Waals surface area contributed by atoms with Crippen LogP contribution in [0.15, 0.2) is 17.6 Å². The zero-order chi connectivity index (χ0) is 12.6. The number of nitrogens with zero attached hydrogens (tertiary/aromatic N) is 1. The van der Waals surface area contributed by atoms with Crippen molar-refractivity contribution in [2.75, 3.05) is 19.6 Å². The van der Waals surface area contributed by atoms with Crippen molar-refractivity contribution < 1.29 is 0 Å². The van der Waals surface area contributed by atoms with Gasteiger partial charge in [-0.3, -0.25) is 4.99 Å². The van der Waals surface area contributed by atoms with Gasteiger partial charge in [-0.2, -0.15) is 0 Å². The zero-order valence-corrected chi connectivity index (χ0v) is 14.1. The van der Waals surface area contributed by atoms with Crippen molar-refractivity contribution in [1.29, 1.82) is 0 Å². The summed E-state index contributed by atoms with van der Waals surface area (Å²) in [7, 11) is 0. The van der Waals surface area contributed by atoms with Crippen LogP contribution in [0, 0.1) is 5.41 Å². The molecular weight excluding hydrogens is 337 g/mol. The summed E-state index contributed by atoms with van der Waals surface area (Å²) in [6, 6.07) is 0. The number of rotatable bonds is 6. The molecule has 0 saturated heterocycles. The van der Waals surface area contributed by atoms with Crippen LogP contribution in [0.4, 0.5) is 0 Å². The van der Waals surface area contributed by atoms with Crippen molar-refractivity contribution in [3.63, 3.8) is 0 Å². The van der Waals surface area contributed by atoms with E-state index in [1.165, 1.54) is 32.1 Å². The van der Waals surface area contributed by atoms with Gasteiger partial charge in [0, 0.05) is 19.6 Å². The molecule has 2 N–H and O–H groups in total. The molecule has 4 heteroatoms. The standard InChI is InChI=1S/C14H27N3.HI/c1-4-11-16-13(15-6-3)17-12-14(5-2)9-7-8-10-14;/h4H,1,5-12H2,2-3H3,(H2,15,16,17);1H. The molecule has 0 atom stereocenters. The van der Waals surface area contributed by atoms with Crippen LogP contribution in [0.25, 0.3) is 0 Å². The van der Waals surface area contributed by atoms with Crippen molar-refractivity contribution in [3.8, 4) is 0 Å². The van der Waals surface area contributed by atoms with Crippen LogP contribution in [0.1, 0.15) is 46.0 Å². The van der Waals surface area contributed by atoms with Crippen molar-refractivity contribution in [3.05, 3.63) is 12.7 Å². The quantitative estimate of drug-likeness (QED) is 0.328. The molecule has 0 aromatic rings. The first-order chi connectivity index (χ1) is 8.26. The number of halogens is 1. The summed E-state index contributed by atoms with van der Waals surface area (Å²) in [6.07, 6.45) is 8.54. The molecule has 1 aliphatic carbocycles. The first kappa shape index (κ1) is 17.7. The minimum Gasteiger partial charge on any atom is -0.357 e. The van der Waals surface area contributed by atoms with Gasteiger partial charge in [-0.1, -0.05) is 25.8 Å². The fourth-order valence-electron chi connectivity index (χ4n) is 2.51. The third-order valence-corrected chi connectivity index (χ3v) is 3.74. The molecular formula is C14H28IN3. The fourth-order valence-corrected chi connectivity index (χ4v) is 2.51. The average Bonchev–Trinajstić information content (AvgIpc) is 2.82. The van der Waals surface area contributed by atoms with Crippen LogP contribution in [0.5, 0.6) is 0 Å². The minimum absolute atomic E-state index is 0. The highest BCUT2D eigenvalue weighted by Gasteiger charge is 2.31. The Morgan fingerprint density at radius 1 is 1.28 bits per heavy atom. The van der Waals surface area contributed by atoms with Gasteiger partial charge in [0.05, 0.1) is 0 Å². The normalized spacial score (nSPS) is 18.0. The molecule has 1 aliphatic rings. The summed E-state index contributed by atoms with van der Waals surface area (Å²) in [5.41, 5.74) is 0.469. The highest BCUT2D eigenvalue weighted by atomic mass is 127. The molecule has 0 aromatic heterocycles. The molecule has 3 nitrogen and oxygen atoms in total. The lowest BCUT2D eigenvalue weighted by atomic mass is 9.84. The Kier molecular flexibility index (Phi) is 9.50. The van der Waals surface area contributed by atoms with Gasteiger partial charge in [-0.25, -0.2) is 0 Å². The maximum Gasteiger partial charge on any atom is 0.191 e. The maximum atomic E-state index is 4.72. The van der Waals surface area contributed by atoms with E-state index in [0.717, 1.165) is 25.6 Å². The fraction of sp³-hybridized carbons (Fsp3) is 0.786. The Morgan fingerprint density at radius 3 is 2.44 bits per heavy atom. The van der Waals surface area contributed by atoms with Crippen molar-refractivity contribution in [1.82, 2.24) is 10.6 Å². The number of hydrogen-bond acceptors (Lipinski definition) is 1. The Labute approximate surface area is 129 Å². The molecule has 1 saturated carbocycles. The van der Waals surface area contributed by atoms with E-state index in [9.17, 15) is 0 Å². The molecule has 0 aliphatic heterocycles. The third-order valence-electron chi connectivity index (χ3n) is 3.74. The predicted octanol–water partition coefficient (Wildman–Crippen LogP) is 3.32. The van der Waals surface area contributed by atoms with Crippen molar-refractivity contribution in [2.24, 2.45) is 10.4 Å². The van der Waals surface area contributed by atoms with Crippen molar-refractivity contribution >= 4 is 29.9 Å². The van der Waals surface area contributed by atoms with Crippen molar-refractivity contribution in [2.45, 2.75) is 46.0 Å². The molecule has 1 fully saturated rings.